The number of hydrogen-bond donors (Lipinski definition) is 0. The Morgan fingerprint density at radius 2 is 2.00 bits per heavy atom. The first-order valence-corrected chi connectivity index (χ1v) is 6.39. The Morgan fingerprint density at radius 3 is 2.76 bits per heavy atom. The van der Waals surface area contributed by atoms with Gasteiger partial charge in [0.1, 0.15) is 11.8 Å². The molecule has 2 rings (SSSR count). The first-order valence-electron chi connectivity index (χ1n) is 5.03. The number of rotatable bonds is 3. The molecule has 2 nitrogen and oxygen atoms in total. The van der Waals surface area contributed by atoms with Crippen molar-refractivity contribution in [3.05, 3.63) is 58.7 Å². The van der Waals surface area contributed by atoms with E-state index in [1.165, 1.54) is 0 Å². The second-order valence-corrected chi connectivity index (χ2v) is 4.76. The van der Waals surface area contributed by atoms with Crippen molar-refractivity contribution in [2.75, 3.05) is 0 Å². The first-order chi connectivity index (χ1) is 8.29. The predicted octanol–water partition coefficient (Wildman–Crippen LogP) is 3.90. The molecule has 0 fully saturated rings. The zero-order valence-electron chi connectivity index (χ0n) is 8.93. The SMILES string of the molecule is N#Cc1cccc(SCc2ccccc2Cl)n1. The lowest BCUT2D eigenvalue weighted by molar-refractivity contribution is 1.10. The highest BCUT2D eigenvalue weighted by atomic mass is 35.5. The van der Waals surface area contributed by atoms with Crippen molar-refractivity contribution in [3.63, 3.8) is 0 Å². The van der Waals surface area contributed by atoms with E-state index in [0.717, 1.165) is 21.4 Å². The summed E-state index contributed by atoms with van der Waals surface area (Å²) in [7, 11) is 0. The van der Waals surface area contributed by atoms with Gasteiger partial charge in [0.15, 0.2) is 0 Å². The third kappa shape index (κ3) is 3.23. The monoisotopic (exact) mass is 260 g/mol. The first kappa shape index (κ1) is 12.0. The van der Waals surface area contributed by atoms with Gasteiger partial charge in [0, 0.05) is 10.8 Å². The standard InChI is InChI=1S/C13H9ClN2S/c14-12-6-2-1-4-10(12)9-17-13-7-3-5-11(8-15)16-13/h1-7H,9H2. The molecular weight excluding hydrogens is 252 g/mol. The fraction of sp³-hybridized carbons (Fsp3) is 0.0769. The highest BCUT2D eigenvalue weighted by molar-refractivity contribution is 7.98. The Hall–Kier alpha value is -1.50. The van der Waals surface area contributed by atoms with Crippen molar-refractivity contribution in [2.45, 2.75) is 10.8 Å². The van der Waals surface area contributed by atoms with Crippen molar-refractivity contribution < 1.29 is 0 Å². The zero-order valence-corrected chi connectivity index (χ0v) is 10.5. The number of thioether (sulfide) groups is 1. The van der Waals surface area contributed by atoms with Crippen molar-refractivity contribution in [3.8, 4) is 6.07 Å². The molecule has 0 aliphatic rings. The molecule has 0 saturated carbocycles. The highest BCUT2D eigenvalue weighted by Gasteiger charge is 2.02. The largest absolute Gasteiger partial charge is 0.231 e. The number of hydrogen-bond acceptors (Lipinski definition) is 3. The summed E-state index contributed by atoms with van der Waals surface area (Å²) in [4.78, 5) is 4.19. The fourth-order valence-corrected chi connectivity index (χ4v) is 2.50. The van der Waals surface area contributed by atoms with Crippen LogP contribution in [0.5, 0.6) is 0 Å². The lowest BCUT2D eigenvalue weighted by Gasteiger charge is -2.03. The van der Waals surface area contributed by atoms with Crippen LogP contribution >= 0.6 is 23.4 Å². The van der Waals surface area contributed by atoms with E-state index in [-0.39, 0.29) is 0 Å². The summed E-state index contributed by atoms with van der Waals surface area (Å²) >= 11 is 7.63. The van der Waals surface area contributed by atoms with Crippen molar-refractivity contribution in [2.24, 2.45) is 0 Å². The fourth-order valence-electron chi connectivity index (χ4n) is 1.32. The van der Waals surface area contributed by atoms with Crippen LogP contribution in [0.2, 0.25) is 5.02 Å². The number of benzene rings is 1. The summed E-state index contributed by atoms with van der Waals surface area (Å²) in [5.41, 5.74) is 1.51. The summed E-state index contributed by atoms with van der Waals surface area (Å²) in [5, 5.41) is 10.3. The van der Waals surface area contributed by atoms with E-state index in [9.17, 15) is 0 Å². The second kappa shape index (κ2) is 5.72. The maximum Gasteiger partial charge on any atom is 0.141 e. The van der Waals surface area contributed by atoms with Crippen LogP contribution in [-0.2, 0) is 5.75 Å². The van der Waals surface area contributed by atoms with Gasteiger partial charge in [-0.1, -0.05) is 35.9 Å². The molecule has 0 aliphatic heterocycles. The number of nitriles is 1. The normalized spacial score (nSPS) is 9.88. The summed E-state index contributed by atoms with van der Waals surface area (Å²) < 4.78 is 0. The van der Waals surface area contributed by atoms with Gasteiger partial charge in [-0.2, -0.15) is 5.26 Å². The molecule has 0 atom stereocenters. The quantitative estimate of drug-likeness (QED) is 0.786. The van der Waals surface area contributed by atoms with Gasteiger partial charge in [-0.05, 0) is 23.8 Å². The average Bonchev–Trinajstić information content (AvgIpc) is 2.38. The molecular formula is C13H9ClN2S. The van der Waals surface area contributed by atoms with E-state index in [4.69, 9.17) is 16.9 Å². The lowest BCUT2D eigenvalue weighted by Crippen LogP contribution is -1.86. The molecule has 4 heteroatoms. The van der Waals surface area contributed by atoms with Gasteiger partial charge in [-0.25, -0.2) is 4.98 Å². The zero-order chi connectivity index (χ0) is 12.1. The molecule has 0 bridgehead atoms. The maximum atomic E-state index is 8.75. The van der Waals surface area contributed by atoms with Crippen LogP contribution in [0.3, 0.4) is 0 Å². The Kier molecular flexibility index (Phi) is 4.03. The van der Waals surface area contributed by atoms with E-state index in [1.807, 2.05) is 42.5 Å². The minimum Gasteiger partial charge on any atom is -0.231 e. The van der Waals surface area contributed by atoms with Gasteiger partial charge in [0.2, 0.25) is 0 Å². The van der Waals surface area contributed by atoms with E-state index < -0.39 is 0 Å². The summed E-state index contributed by atoms with van der Waals surface area (Å²) in [6, 6.07) is 15.2. The Morgan fingerprint density at radius 1 is 1.18 bits per heavy atom. The van der Waals surface area contributed by atoms with Gasteiger partial charge in [0.25, 0.3) is 0 Å². The predicted molar refractivity (Wildman–Crippen MR) is 70.0 cm³/mol. The molecule has 17 heavy (non-hydrogen) atoms. The maximum absolute atomic E-state index is 8.75. The van der Waals surface area contributed by atoms with Gasteiger partial charge < -0.3 is 0 Å². The topological polar surface area (TPSA) is 36.7 Å². The van der Waals surface area contributed by atoms with Crippen molar-refractivity contribution in [1.29, 1.82) is 5.26 Å². The van der Waals surface area contributed by atoms with Crippen LogP contribution in [0, 0.1) is 11.3 Å². The molecule has 1 heterocycles. The number of aromatic nitrogens is 1. The Bertz CT molecular complexity index is 563. The summed E-state index contributed by atoms with van der Waals surface area (Å²) in [6.07, 6.45) is 0. The van der Waals surface area contributed by atoms with Crippen molar-refractivity contribution >= 4 is 23.4 Å². The van der Waals surface area contributed by atoms with Crippen LogP contribution < -0.4 is 0 Å². The molecule has 0 unspecified atom stereocenters. The van der Waals surface area contributed by atoms with Gasteiger partial charge >= 0.3 is 0 Å². The molecule has 0 aliphatic carbocycles. The third-order valence-corrected chi connectivity index (χ3v) is 3.52. The average molecular weight is 261 g/mol. The number of pyridine rings is 1. The number of nitrogens with zero attached hydrogens (tertiary/aromatic N) is 2. The Balaban J connectivity index is 2.08. The molecule has 0 amide bonds. The minimum atomic E-state index is 0.439. The van der Waals surface area contributed by atoms with E-state index >= 15 is 0 Å². The molecule has 0 N–H and O–H groups in total. The van der Waals surface area contributed by atoms with Gasteiger partial charge in [0.05, 0.1) is 5.03 Å². The van der Waals surface area contributed by atoms with Gasteiger partial charge in [-0.3, -0.25) is 0 Å². The van der Waals surface area contributed by atoms with E-state index in [1.54, 1.807) is 17.8 Å². The smallest absolute Gasteiger partial charge is 0.141 e. The molecule has 1 aromatic carbocycles. The number of halogens is 1. The van der Waals surface area contributed by atoms with Crippen LogP contribution in [0.25, 0.3) is 0 Å². The molecule has 2 aromatic rings. The molecule has 0 spiro atoms. The van der Waals surface area contributed by atoms with E-state index in [2.05, 4.69) is 4.98 Å². The van der Waals surface area contributed by atoms with Crippen LogP contribution in [-0.4, -0.2) is 4.98 Å². The Labute approximate surface area is 109 Å². The van der Waals surface area contributed by atoms with E-state index in [0.29, 0.717) is 5.69 Å². The lowest BCUT2D eigenvalue weighted by atomic mass is 10.2. The molecule has 0 saturated heterocycles. The molecule has 0 radical (unpaired) electrons. The van der Waals surface area contributed by atoms with Crippen LogP contribution in [0.4, 0.5) is 0 Å². The van der Waals surface area contributed by atoms with Crippen LogP contribution in [0.1, 0.15) is 11.3 Å². The highest BCUT2D eigenvalue weighted by Crippen LogP contribution is 2.25. The van der Waals surface area contributed by atoms with Gasteiger partial charge in [-0.15, -0.1) is 11.8 Å². The molecule has 84 valence electrons. The summed E-state index contributed by atoms with van der Waals surface area (Å²) in [5.74, 6) is 0.752. The van der Waals surface area contributed by atoms with Crippen LogP contribution in [0.15, 0.2) is 47.5 Å². The third-order valence-electron chi connectivity index (χ3n) is 2.17. The van der Waals surface area contributed by atoms with Crippen molar-refractivity contribution in [1.82, 2.24) is 4.98 Å². The second-order valence-electron chi connectivity index (χ2n) is 3.35. The minimum absolute atomic E-state index is 0.439. The molecule has 1 aromatic heterocycles. The summed E-state index contributed by atoms with van der Waals surface area (Å²) in [6.45, 7) is 0.